The highest BCUT2D eigenvalue weighted by Gasteiger charge is 2.38. The summed E-state index contributed by atoms with van der Waals surface area (Å²) in [5.41, 5.74) is 4.94. The summed E-state index contributed by atoms with van der Waals surface area (Å²) in [6.45, 7) is 2.42. The van der Waals surface area contributed by atoms with Crippen LogP contribution >= 0.6 is 0 Å². The lowest BCUT2D eigenvalue weighted by Gasteiger charge is -2.43. The lowest BCUT2D eigenvalue weighted by Crippen LogP contribution is -2.51. The van der Waals surface area contributed by atoms with Crippen molar-refractivity contribution < 1.29 is 19.4 Å². The molecule has 0 aromatic rings. The maximum atomic E-state index is 10.8. The monoisotopic (exact) mass is 258 g/mol. The third-order valence-corrected chi connectivity index (χ3v) is 3.83. The van der Waals surface area contributed by atoms with Crippen molar-refractivity contribution in [2.45, 2.75) is 43.4 Å². The minimum absolute atomic E-state index is 0.0775. The zero-order chi connectivity index (χ0) is 13.0. The van der Waals surface area contributed by atoms with Crippen molar-refractivity contribution >= 4 is 5.91 Å². The molecule has 0 aromatic carbocycles. The lowest BCUT2D eigenvalue weighted by molar-refractivity contribution is -0.141. The number of nitrogens with one attached hydrogen (secondary N) is 1. The Morgan fingerprint density at radius 1 is 1.44 bits per heavy atom. The largest absolute Gasteiger partial charge is 0.382 e. The molecule has 0 radical (unpaired) electrons. The van der Waals surface area contributed by atoms with E-state index in [1.165, 1.54) is 0 Å². The summed E-state index contributed by atoms with van der Waals surface area (Å²) in [4.78, 5) is 10.8. The molecule has 0 bridgehead atoms. The topological polar surface area (TPSA) is 93.8 Å². The first kappa shape index (κ1) is 13.7. The van der Waals surface area contributed by atoms with Crippen LogP contribution in [0.5, 0.6) is 0 Å². The van der Waals surface area contributed by atoms with Crippen molar-refractivity contribution in [1.82, 2.24) is 5.32 Å². The van der Waals surface area contributed by atoms with Gasteiger partial charge in [0.25, 0.3) is 0 Å². The maximum Gasteiger partial charge on any atom is 0.247 e. The highest BCUT2D eigenvalue weighted by Crippen LogP contribution is 2.34. The molecule has 0 aliphatic carbocycles. The van der Waals surface area contributed by atoms with Crippen LogP contribution in [0.4, 0.5) is 0 Å². The lowest BCUT2D eigenvalue weighted by atomic mass is 9.84. The number of rotatable bonds is 4. The zero-order valence-corrected chi connectivity index (χ0v) is 10.6. The minimum Gasteiger partial charge on any atom is -0.382 e. The Balaban J connectivity index is 1.81. The van der Waals surface area contributed by atoms with Crippen molar-refractivity contribution in [3.63, 3.8) is 0 Å². The van der Waals surface area contributed by atoms with E-state index >= 15 is 0 Å². The molecule has 2 aliphatic heterocycles. The van der Waals surface area contributed by atoms with Crippen LogP contribution in [0.15, 0.2) is 0 Å². The Morgan fingerprint density at radius 3 is 2.83 bits per heavy atom. The third-order valence-electron chi connectivity index (χ3n) is 3.83. The normalized spacial score (nSPS) is 29.1. The van der Waals surface area contributed by atoms with Crippen molar-refractivity contribution in [2.75, 3.05) is 26.4 Å². The molecule has 0 aromatic heterocycles. The number of carbonyl (C=O) groups excluding carboxylic acids is 1. The minimum atomic E-state index is -1.11. The van der Waals surface area contributed by atoms with Crippen molar-refractivity contribution in [3.8, 4) is 0 Å². The molecule has 2 rings (SSSR count). The predicted octanol–water partition coefficient (Wildman–Crippen LogP) is -0.850. The quantitative estimate of drug-likeness (QED) is 0.611. The number of hydrogen-bond acceptors (Lipinski definition) is 5. The van der Waals surface area contributed by atoms with Gasteiger partial charge in [-0.3, -0.25) is 4.79 Å². The Labute approximate surface area is 107 Å². The van der Waals surface area contributed by atoms with Gasteiger partial charge in [0.1, 0.15) is 6.10 Å². The van der Waals surface area contributed by atoms with E-state index in [1.807, 2.05) is 0 Å². The van der Waals surface area contributed by atoms with E-state index in [9.17, 15) is 9.90 Å². The first-order valence-corrected chi connectivity index (χ1v) is 6.54. The van der Waals surface area contributed by atoms with Gasteiger partial charge in [0.15, 0.2) is 0 Å². The van der Waals surface area contributed by atoms with Gasteiger partial charge >= 0.3 is 0 Å². The number of primary amides is 1. The molecule has 6 nitrogen and oxygen atoms in total. The average molecular weight is 258 g/mol. The number of carbonyl (C=O) groups is 1. The number of aliphatic hydroxyl groups excluding tert-OH is 1. The van der Waals surface area contributed by atoms with E-state index in [2.05, 4.69) is 5.32 Å². The molecule has 2 aliphatic rings. The number of aliphatic hydroxyl groups is 1. The summed E-state index contributed by atoms with van der Waals surface area (Å²) in [6, 6.07) is 0.269. The fraction of sp³-hybridized carbons (Fsp3) is 0.917. The van der Waals surface area contributed by atoms with Crippen LogP contribution in [0.1, 0.15) is 25.7 Å². The highest BCUT2D eigenvalue weighted by molar-refractivity contribution is 5.78. The maximum absolute atomic E-state index is 10.8. The molecule has 1 amide bonds. The molecule has 2 unspecified atom stereocenters. The third kappa shape index (κ3) is 3.41. The highest BCUT2D eigenvalue weighted by atomic mass is 16.5. The molecule has 2 fully saturated rings. The molecular weight excluding hydrogens is 236 g/mol. The Kier molecular flexibility index (Phi) is 4.55. The van der Waals surface area contributed by atoms with Gasteiger partial charge in [-0.2, -0.15) is 0 Å². The zero-order valence-electron chi connectivity index (χ0n) is 10.6. The molecule has 4 N–H and O–H groups in total. The van der Waals surface area contributed by atoms with Gasteiger partial charge in [0, 0.05) is 32.4 Å². The van der Waals surface area contributed by atoms with Gasteiger partial charge in [-0.1, -0.05) is 0 Å². The Morgan fingerprint density at radius 2 is 2.17 bits per heavy atom. The summed E-state index contributed by atoms with van der Waals surface area (Å²) in [6.07, 6.45) is 2.53. The van der Waals surface area contributed by atoms with Crippen LogP contribution in [0, 0.1) is 0 Å². The van der Waals surface area contributed by atoms with Crippen LogP contribution < -0.4 is 11.1 Å². The van der Waals surface area contributed by atoms with Crippen LogP contribution in [0.3, 0.4) is 0 Å². The van der Waals surface area contributed by atoms with Crippen molar-refractivity contribution in [3.05, 3.63) is 0 Å². The van der Waals surface area contributed by atoms with Gasteiger partial charge in [-0.15, -0.1) is 0 Å². The molecule has 6 heteroatoms. The first-order chi connectivity index (χ1) is 8.61. The second-order valence-corrected chi connectivity index (χ2v) is 5.16. The summed E-state index contributed by atoms with van der Waals surface area (Å²) in [7, 11) is 0. The molecule has 2 atom stereocenters. The molecule has 104 valence electrons. The number of hydrogen-bond donors (Lipinski definition) is 3. The fourth-order valence-corrected chi connectivity index (χ4v) is 2.67. The van der Waals surface area contributed by atoms with Gasteiger partial charge in [-0.25, -0.2) is 0 Å². The summed E-state index contributed by atoms with van der Waals surface area (Å²) in [5, 5.41) is 12.6. The molecule has 2 saturated heterocycles. The smallest absolute Gasteiger partial charge is 0.247 e. The molecule has 1 spiro atoms. The van der Waals surface area contributed by atoms with Crippen molar-refractivity contribution in [1.29, 1.82) is 0 Å². The van der Waals surface area contributed by atoms with Gasteiger partial charge < -0.3 is 25.6 Å². The SMILES string of the molecule is NC(=O)C(O)CNC1CCOC2(CCOCC2)C1. The molecule has 0 saturated carbocycles. The number of amides is 1. The predicted molar refractivity (Wildman–Crippen MR) is 65.0 cm³/mol. The molecule has 2 heterocycles. The summed E-state index contributed by atoms with van der Waals surface area (Å²) >= 11 is 0. The van der Waals surface area contributed by atoms with Gasteiger partial charge in [-0.05, 0) is 25.7 Å². The van der Waals surface area contributed by atoms with Crippen LogP contribution in [-0.2, 0) is 14.3 Å². The van der Waals surface area contributed by atoms with E-state index in [0.29, 0.717) is 6.61 Å². The van der Waals surface area contributed by atoms with Crippen LogP contribution in [-0.4, -0.2) is 55.1 Å². The van der Waals surface area contributed by atoms with E-state index in [4.69, 9.17) is 15.2 Å². The van der Waals surface area contributed by atoms with Crippen molar-refractivity contribution in [2.24, 2.45) is 5.73 Å². The van der Waals surface area contributed by atoms with E-state index in [1.54, 1.807) is 0 Å². The number of ether oxygens (including phenoxy) is 2. The second-order valence-electron chi connectivity index (χ2n) is 5.16. The first-order valence-electron chi connectivity index (χ1n) is 6.54. The Hall–Kier alpha value is -0.690. The van der Waals surface area contributed by atoms with E-state index in [-0.39, 0.29) is 18.2 Å². The molecule has 18 heavy (non-hydrogen) atoms. The summed E-state index contributed by atoms with van der Waals surface area (Å²) in [5.74, 6) is -0.685. The van der Waals surface area contributed by atoms with Crippen LogP contribution in [0.25, 0.3) is 0 Å². The van der Waals surface area contributed by atoms with Crippen LogP contribution in [0.2, 0.25) is 0 Å². The van der Waals surface area contributed by atoms with E-state index < -0.39 is 12.0 Å². The van der Waals surface area contributed by atoms with Gasteiger partial charge in [0.05, 0.1) is 5.60 Å². The standard InChI is InChI=1S/C12H22N2O4/c13-11(16)10(15)8-14-9-1-4-18-12(7-9)2-5-17-6-3-12/h9-10,14-15H,1-8H2,(H2,13,16). The average Bonchev–Trinajstić information content (AvgIpc) is 2.37. The second kappa shape index (κ2) is 5.97. The Bertz CT molecular complexity index is 286. The number of nitrogens with two attached hydrogens (primary N) is 1. The summed E-state index contributed by atoms with van der Waals surface area (Å²) < 4.78 is 11.3. The van der Waals surface area contributed by atoms with Gasteiger partial charge in [0.2, 0.25) is 5.91 Å². The molecular formula is C12H22N2O4. The fourth-order valence-electron chi connectivity index (χ4n) is 2.67. The van der Waals surface area contributed by atoms with E-state index in [0.717, 1.165) is 38.9 Å².